The molecule has 0 fully saturated rings. The second-order valence-corrected chi connectivity index (χ2v) is 18.5. The lowest BCUT2D eigenvalue weighted by Gasteiger charge is -2.26. The van der Waals surface area contributed by atoms with Crippen molar-refractivity contribution in [2.45, 2.75) is 166 Å². The van der Waals surface area contributed by atoms with Gasteiger partial charge in [0.1, 0.15) is 30.2 Å². The predicted octanol–water partition coefficient (Wildman–Crippen LogP) is 4.67. The molecule has 0 radical (unpaired) electrons. The maximum Gasteiger partial charge on any atom is 0.326 e. The highest BCUT2D eigenvalue weighted by atomic mass is 16.4. The highest BCUT2D eigenvalue weighted by molar-refractivity contribution is 5.95. The van der Waals surface area contributed by atoms with Gasteiger partial charge in [-0.3, -0.25) is 33.6 Å². The van der Waals surface area contributed by atoms with Crippen LogP contribution in [0.3, 0.4) is 0 Å². The molecule has 0 aromatic heterocycles. The van der Waals surface area contributed by atoms with E-state index in [0.717, 1.165) is 75.3 Å². The van der Waals surface area contributed by atoms with E-state index < -0.39 is 78.0 Å². The molecule has 70 heavy (non-hydrogen) atoms. The molecule has 0 saturated carbocycles. The van der Waals surface area contributed by atoms with Gasteiger partial charge in [-0.1, -0.05) is 151 Å². The molecule has 5 atom stereocenters. The van der Waals surface area contributed by atoms with E-state index in [1.165, 1.54) is 0 Å². The summed E-state index contributed by atoms with van der Waals surface area (Å²) in [6.07, 6.45) is 11.9. The van der Waals surface area contributed by atoms with Crippen molar-refractivity contribution in [1.29, 1.82) is 0 Å². The van der Waals surface area contributed by atoms with Gasteiger partial charge in [0.15, 0.2) is 0 Å². The van der Waals surface area contributed by atoms with Crippen molar-refractivity contribution < 1.29 is 43.5 Å². The minimum atomic E-state index is -1.28. The number of anilines is 1. The number of carboxylic acid groups (broad SMARTS) is 1. The smallest absolute Gasteiger partial charge is 0.326 e. The molecule has 3 aromatic carbocycles. The third-order valence-electron chi connectivity index (χ3n) is 11.9. The molecule has 382 valence electrons. The summed E-state index contributed by atoms with van der Waals surface area (Å²) in [5.41, 5.74) is 19.7. The quantitative estimate of drug-likeness (QED) is 0.0290. The Hall–Kier alpha value is -6.78. The van der Waals surface area contributed by atoms with Gasteiger partial charge in [0.05, 0.1) is 6.42 Å². The number of hydrogen-bond donors (Lipinski definition) is 9. The molecule has 0 aliphatic carbocycles. The summed E-state index contributed by atoms with van der Waals surface area (Å²) < 4.78 is 0. The Balaban J connectivity index is 1.34. The Morgan fingerprint density at radius 3 is 1.27 bits per heavy atom. The minimum Gasteiger partial charge on any atom is -0.480 e. The second kappa shape index (κ2) is 32.1. The standard InChI is InChI=1S/C53H76N8O9/c1-36(2)31-42(50(66)59-41(49(56)65)32-37-21-15-13-16-22-37)60-51(67)43(33-39-27-29-40(54)30-28-39)57-47(63)25-19-11-9-7-5-3-4-6-8-10-12-20-26-48(64)58-44(35-46(55)62)52(68)61-45(53(69)70)34-38-23-17-14-18-24-38/h13-18,21-24,27-30,36,41-45H,3-12,19-20,25-26,31-35,54H2,1-2H3,(H2,55,62)(H2,56,65)(H,57,63)(H,58,64)(H,59,66)(H,60,67)(H,61,68)(H,69,70)/t41-,42-,43-,44-,45-/m0/s1. The highest BCUT2D eigenvalue weighted by Gasteiger charge is 2.31. The van der Waals surface area contributed by atoms with Crippen molar-refractivity contribution in [3.63, 3.8) is 0 Å². The van der Waals surface area contributed by atoms with Gasteiger partial charge in [-0.15, -0.1) is 0 Å². The molecule has 12 N–H and O–H groups in total. The summed E-state index contributed by atoms with van der Waals surface area (Å²) in [5, 5.41) is 23.1. The van der Waals surface area contributed by atoms with E-state index in [-0.39, 0.29) is 43.9 Å². The van der Waals surface area contributed by atoms with Crippen LogP contribution in [0, 0.1) is 5.92 Å². The zero-order chi connectivity index (χ0) is 51.3. The molecule has 0 saturated heterocycles. The normalized spacial score (nSPS) is 13.2. The number of nitrogens with two attached hydrogens (primary N) is 3. The molecule has 0 bridgehead atoms. The van der Waals surface area contributed by atoms with Crippen molar-refractivity contribution >= 4 is 53.0 Å². The Bertz CT molecular complexity index is 2100. The molecular weight excluding hydrogens is 893 g/mol. The lowest BCUT2D eigenvalue weighted by atomic mass is 9.99. The minimum absolute atomic E-state index is 0.0193. The Morgan fingerprint density at radius 2 is 0.829 bits per heavy atom. The highest BCUT2D eigenvalue weighted by Crippen LogP contribution is 2.15. The number of nitrogens with one attached hydrogen (secondary N) is 5. The van der Waals surface area contributed by atoms with E-state index in [9.17, 15) is 43.5 Å². The van der Waals surface area contributed by atoms with E-state index in [1.807, 2.05) is 44.2 Å². The lowest BCUT2D eigenvalue weighted by molar-refractivity contribution is -0.142. The number of amides is 7. The topological polar surface area (TPSA) is 295 Å². The van der Waals surface area contributed by atoms with Crippen molar-refractivity contribution in [1.82, 2.24) is 26.6 Å². The number of hydrogen-bond acceptors (Lipinski definition) is 9. The van der Waals surface area contributed by atoms with Crippen LogP contribution in [0.15, 0.2) is 84.9 Å². The van der Waals surface area contributed by atoms with Crippen molar-refractivity contribution in [2.75, 3.05) is 5.73 Å². The van der Waals surface area contributed by atoms with Crippen LogP contribution in [0.5, 0.6) is 0 Å². The Labute approximate surface area is 412 Å². The van der Waals surface area contributed by atoms with Crippen LogP contribution in [0.2, 0.25) is 0 Å². The zero-order valence-corrected chi connectivity index (χ0v) is 40.9. The Kier molecular flexibility index (Phi) is 26.4. The van der Waals surface area contributed by atoms with Gasteiger partial charge in [-0.2, -0.15) is 0 Å². The molecule has 0 unspecified atom stereocenters. The van der Waals surface area contributed by atoms with Gasteiger partial charge < -0.3 is 48.9 Å². The summed E-state index contributed by atoms with van der Waals surface area (Å²) in [7, 11) is 0. The Morgan fingerprint density at radius 1 is 0.457 bits per heavy atom. The maximum atomic E-state index is 13.9. The lowest BCUT2D eigenvalue weighted by Crippen LogP contribution is -2.57. The fraction of sp³-hybridized carbons (Fsp3) is 0.509. The monoisotopic (exact) mass is 969 g/mol. The molecule has 0 spiro atoms. The third-order valence-corrected chi connectivity index (χ3v) is 11.9. The van der Waals surface area contributed by atoms with Gasteiger partial charge in [0, 0.05) is 37.8 Å². The molecular formula is C53H76N8O9. The van der Waals surface area contributed by atoms with Crippen LogP contribution in [0.1, 0.15) is 133 Å². The first-order valence-electron chi connectivity index (χ1n) is 24.7. The van der Waals surface area contributed by atoms with Crippen LogP contribution in [-0.4, -0.2) is 82.6 Å². The molecule has 3 rings (SSSR count). The average molecular weight is 969 g/mol. The maximum absolute atomic E-state index is 13.9. The van der Waals surface area contributed by atoms with Gasteiger partial charge >= 0.3 is 5.97 Å². The number of nitrogen functional groups attached to an aromatic ring is 1. The van der Waals surface area contributed by atoms with E-state index in [0.29, 0.717) is 30.5 Å². The largest absolute Gasteiger partial charge is 0.480 e. The SMILES string of the molecule is CC(C)C[C@H](NC(=O)[C@H](Cc1ccc(N)cc1)NC(=O)CCCCCCCCCCCCCCC(=O)N[C@@H](CC(N)=O)C(=O)N[C@@H](Cc1ccccc1)C(=O)O)C(=O)N[C@@H](Cc1ccccc1)C(N)=O. The summed E-state index contributed by atoms with van der Waals surface area (Å²) in [6.45, 7) is 3.84. The van der Waals surface area contributed by atoms with Crippen LogP contribution >= 0.6 is 0 Å². The number of benzene rings is 3. The number of carbonyl (C=O) groups excluding carboxylic acids is 7. The molecule has 0 aliphatic heterocycles. The van der Waals surface area contributed by atoms with E-state index in [1.54, 1.807) is 54.6 Å². The first-order valence-corrected chi connectivity index (χ1v) is 24.7. The van der Waals surface area contributed by atoms with Gasteiger partial charge in [0.2, 0.25) is 41.4 Å². The van der Waals surface area contributed by atoms with Crippen LogP contribution in [-0.2, 0) is 57.6 Å². The summed E-state index contributed by atoms with van der Waals surface area (Å²) in [4.78, 5) is 102. The number of aliphatic carboxylic acids is 1. The van der Waals surface area contributed by atoms with E-state index in [2.05, 4.69) is 26.6 Å². The fourth-order valence-corrected chi connectivity index (χ4v) is 8.02. The van der Waals surface area contributed by atoms with Crippen LogP contribution in [0.4, 0.5) is 5.69 Å². The molecule has 7 amide bonds. The predicted molar refractivity (Wildman–Crippen MR) is 269 cm³/mol. The van der Waals surface area contributed by atoms with Gasteiger partial charge in [0.25, 0.3) is 0 Å². The first kappa shape index (κ1) is 57.5. The average Bonchev–Trinajstić information content (AvgIpc) is 3.31. The van der Waals surface area contributed by atoms with Crippen molar-refractivity contribution in [3.8, 4) is 0 Å². The van der Waals surface area contributed by atoms with E-state index in [4.69, 9.17) is 17.2 Å². The summed E-state index contributed by atoms with van der Waals surface area (Å²) in [5.74, 6) is -5.23. The number of rotatable bonds is 35. The number of primary amides is 2. The zero-order valence-electron chi connectivity index (χ0n) is 40.9. The van der Waals surface area contributed by atoms with Gasteiger partial charge in [-0.05, 0) is 54.0 Å². The van der Waals surface area contributed by atoms with Crippen LogP contribution in [0.25, 0.3) is 0 Å². The van der Waals surface area contributed by atoms with Crippen molar-refractivity contribution in [2.24, 2.45) is 17.4 Å². The number of unbranched alkanes of at least 4 members (excludes halogenated alkanes) is 11. The van der Waals surface area contributed by atoms with Crippen LogP contribution < -0.4 is 43.8 Å². The second-order valence-electron chi connectivity index (χ2n) is 18.5. The molecule has 17 heteroatoms. The first-order chi connectivity index (χ1) is 33.5. The summed E-state index contributed by atoms with van der Waals surface area (Å²) >= 11 is 0. The molecule has 3 aromatic rings. The molecule has 0 aliphatic rings. The number of carboxylic acids is 1. The fourth-order valence-electron chi connectivity index (χ4n) is 8.02. The third kappa shape index (κ3) is 24.0. The van der Waals surface area contributed by atoms with Crippen molar-refractivity contribution in [3.05, 3.63) is 102 Å². The summed E-state index contributed by atoms with van der Waals surface area (Å²) in [6, 6.07) is 19.6. The molecule has 0 heterocycles. The number of carbonyl (C=O) groups is 8. The van der Waals surface area contributed by atoms with Gasteiger partial charge in [-0.25, -0.2) is 4.79 Å². The van der Waals surface area contributed by atoms with E-state index >= 15 is 0 Å². The molecule has 17 nitrogen and oxygen atoms in total.